The lowest BCUT2D eigenvalue weighted by atomic mass is 10.0. The van der Waals surface area contributed by atoms with Gasteiger partial charge < -0.3 is 5.11 Å². The molecule has 1 nitrogen and oxygen atoms in total. The zero-order chi connectivity index (χ0) is 8.10. The molecule has 0 aliphatic carbocycles. The molecule has 0 aromatic heterocycles. The van der Waals surface area contributed by atoms with Crippen LogP contribution in [0.15, 0.2) is 24.3 Å². The number of hydrogen-bond donors (Lipinski definition) is 1. The molecule has 0 saturated carbocycles. The number of benzene rings is 1. The van der Waals surface area contributed by atoms with Gasteiger partial charge in [0, 0.05) is 6.61 Å². The highest BCUT2D eigenvalue weighted by Crippen LogP contribution is 2.05. The predicted molar refractivity (Wildman–Crippen MR) is 45.2 cm³/mol. The van der Waals surface area contributed by atoms with Gasteiger partial charge in [0.2, 0.25) is 0 Å². The van der Waals surface area contributed by atoms with Gasteiger partial charge in [0.05, 0.1) is 0 Å². The van der Waals surface area contributed by atoms with E-state index in [2.05, 4.69) is 6.07 Å². The summed E-state index contributed by atoms with van der Waals surface area (Å²) in [4.78, 5) is 0. The van der Waals surface area contributed by atoms with Gasteiger partial charge in [-0.1, -0.05) is 31.2 Å². The second-order valence-corrected chi connectivity index (χ2v) is 2.88. The van der Waals surface area contributed by atoms with Gasteiger partial charge in [0.15, 0.2) is 0 Å². The lowest BCUT2D eigenvalue weighted by molar-refractivity contribution is 0.237. The SMILES string of the molecule is CC(CO)Cc1[c]cccc1. The minimum atomic E-state index is 0.253. The molecular formula is C10H13O. The van der Waals surface area contributed by atoms with Crippen molar-refractivity contribution in [3.05, 3.63) is 35.9 Å². The molecule has 0 bridgehead atoms. The molecule has 1 unspecified atom stereocenters. The van der Waals surface area contributed by atoms with E-state index < -0.39 is 0 Å². The maximum absolute atomic E-state index is 8.78. The first-order valence-electron chi connectivity index (χ1n) is 3.89. The summed E-state index contributed by atoms with van der Waals surface area (Å²) in [6.07, 6.45) is 0.914. The molecule has 0 heterocycles. The van der Waals surface area contributed by atoms with E-state index in [1.807, 2.05) is 31.2 Å². The summed E-state index contributed by atoms with van der Waals surface area (Å²) in [6.45, 7) is 2.28. The average Bonchev–Trinajstić information content (AvgIpc) is 2.06. The van der Waals surface area contributed by atoms with E-state index in [9.17, 15) is 0 Å². The fourth-order valence-corrected chi connectivity index (χ4v) is 0.997. The highest BCUT2D eigenvalue weighted by molar-refractivity contribution is 5.13. The van der Waals surface area contributed by atoms with Crippen LogP contribution in [0.5, 0.6) is 0 Å². The monoisotopic (exact) mass is 149 g/mol. The molecule has 59 valence electrons. The summed E-state index contributed by atoms with van der Waals surface area (Å²) in [5.41, 5.74) is 1.18. The fraction of sp³-hybridized carbons (Fsp3) is 0.400. The summed E-state index contributed by atoms with van der Waals surface area (Å²) in [6, 6.07) is 11.0. The van der Waals surface area contributed by atoms with Gasteiger partial charge in [0.25, 0.3) is 0 Å². The maximum Gasteiger partial charge on any atom is 0.0459 e. The first kappa shape index (κ1) is 8.28. The van der Waals surface area contributed by atoms with Crippen LogP contribution in [0.3, 0.4) is 0 Å². The summed E-state index contributed by atoms with van der Waals surface area (Å²) in [5, 5.41) is 8.78. The molecule has 1 radical (unpaired) electrons. The zero-order valence-electron chi connectivity index (χ0n) is 6.75. The van der Waals surface area contributed by atoms with E-state index in [1.54, 1.807) is 0 Å². The second kappa shape index (κ2) is 4.14. The molecule has 0 fully saturated rings. The van der Waals surface area contributed by atoms with Crippen LogP contribution in [-0.2, 0) is 6.42 Å². The number of rotatable bonds is 3. The third-order valence-corrected chi connectivity index (χ3v) is 1.65. The highest BCUT2D eigenvalue weighted by Gasteiger charge is 2.00. The Morgan fingerprint density at radius 3 is 2.91 bits per heavy atom. The zero-order valence-corrected chi connectivity index (χ0v) is 6.75. The quantitative estimate of drug-likeness (QED) is 0.693. The molecule has 1 aromatic rings. The van der Waals surface area contributed by atoms with E-state index >= 15 is 0 Å². The molecule has 0 spiro atoms. The van der Waals surface area contributed by atoms with Crippen molar-refractivity contribution in [2.75, 3.05) is 6.61 Å². The normalized spacial score (nSPS) is 12.9. The Hall–Kier alpha value is -0.820. The van der Waals surface area contributed by atoms with Crippen LogP contribution >= 0.6 is 0 Å². The van der Waals surface area contributed by atoms with Crippen LogP contribution in [-0.4, -0.2) is 11.7 Å². The standard InChI is InChI=1S/C10H13O/c1-9(8-11)7-10-5-3-2-4-6-10/h2-5,9,11H,7-8H2,1H3. The van der Waals surface area contributed by atoms with E-state index in [0.29, 0.717) is 5.92 Å². The minimum Gasteiger partial charge on any atom is -0.396 e. The predicted octanol–water partition coefficient (Wildman–Crippen LogP) is 1.66. The van der Waals surface area contributed by atoms with Crippen LogP contribution < -0.4 is 0 Å². The fourth-order valence-electron chi connectivity index (χ4n) is 0.997. The number of hydrogen-bond acceptors (Lipinski definition) is 1. The van der Waals surface area contributed by atoms with Crippen molar-refractivity contribution < 1.29 is 5.11 Å². The molecule has 0 amide bonds. The third-order valence-electron chi connectivity index (χ3n) is 1.65. The van der Waals surface area contributed by atoms with Crippen molar-refractivity contribution >= 4 is 0 Å². The average molecular weight is 149 g/mol. The van der Waals surface area contributed by atoms with Gasteiger partial charge in [-0.3, -0.25) is 0 Å². The van der Waals surface area contributed by atoms with Crippen LogP contribution in [0.25, 0.3) is 0 Å². The van der Waals surface area contributed by atoms with Crippen molar-refractivity contribution in [3.63, 3.8) is 0 Å². The van der Waals surface area contributed by atoms with Crippen LogP contribution in [0.2, 0.25) is 0 Å². The van der Waals surface area contributed by atoms with Gasteiger partial charge in [-0.2, -0.15) is 0 Å². The molecule has 11 heavy (non-hydrogen) atoms. The van der Waals surface area contributed by atoms with Crippen molar-refractivity contribution in [2.45, 2.75) is 13.3 Å². The van der Waals surface area contributed by atoms with E-state index in [0.717, 1.165) is 6.42 Å². The molecule has 0 aliphatic heterocycles. The first-order valence-corrected chi connectivity index (χ1v) is 3.89. The van der Waals surface area contributed by atoms with Gasteiger partial charge in [0.1, 0.15) is 0 Å². The molecule has 1 N–H and O–H groups in total. The van der Waals surface area contributed by atoms with Crippen LogP contribution in [0.4, 0.5) is 0 Å². The summed E-state index contributed by atoms with van der Waals surface area (Å²) in [7, 11) is 0. The highest BCUT2D eigenvalue weighted by atomic mass is 16.3. The first-order chi connectivity index (χ1) is 5.33. The van der Waals surface area contributed by atoms with Gasteiger partial charge in [-0.25, -0.2) is 0 Å². The van der Waals surface area contributed by atoms with Gasteiger partial charge in [-0.05, 0) is 24.0 Å². The summed E-state index contributed by atoms with van der Waals surface area (Å²) >= 11 is 0. The van der Waals surface area contributed by atoms with E-state index in [-0.39, 0.29) is 6.61 Å². The van der Waals surface area contributed by atoms with Gasteiger partial charge >= 0.3 is 0 Å². The Bertz CT molecular complexity index is 193. The van der Waals surface area contributed by atoms with Gasteiger partial charge in [-0.15, -0.1) is 0 Å². The minimum absolute atomic E-state index is 0.253. The molecular weight excluding hydrogens is 136 g/mol. The van der Waals surface area contributed by atoms with Crippen LogP contribution in [0.1, 0.15) is 12.5 Å². The Kier molecular flexibility index (Phi) is 3.12. The smallest absolute Gasteiger partial charge is 0.0459 e. The second-order valence-electron chi connectivity index (χ2n) is 2.88. The summed E-state index contributed by atoms with van der Waals surface area (Å²) < 4.78 is 0. The Labute approximate surface area is 67.7 Å². The topological polar surface area (TPSA) is 20.2 Å². The Morgan fingerprint density at radius 2 is 2.36 bits per heavy atom. The molecule has 0 aliphatic rings. The molecule has 1 heteroatoms. The van der Waals surface area contributed by atoms with Crippen molar-refractivity contribution in [2.24, 2.45) is 5.92 Å². The van der Waals surface area contributed by atoms with Crippen molar-refractivity contribution in [1.82, 2.24) is 0 Å². The summed E-state index contributed by atoms with van der Waals surface area (Å²) in [5.74, 6) is 0.341. The lowest BCUT2D eigenvalue weighted by Crippen LogP contribution is -2.04. The van der Waals surface area contributed by atoms with Crippen LogP contribution in [0, 0.1) is 12.0 Å². The van der Waals surface area contributed by atoms with Crippen molar-refractivity contribution in [3.8, 4) is 0 Å². The largest absolute Gasteiger partial charge is 0.396 e. The molecule has 1 aromatic carbocycles. The molecule has 0 saturated heterocycles. The molecule has 1 atom stereocenters. The lowest BCUT2D eigenvalue weighted by Gasteiger charge is -2.05. The van der Waals surface area contributed by atoms with E-state index in [4.69, 9.17) is 5.11 Å². The van der Waals surface area contributed by atoms with E-state index in [1.165, 1.54) is 5.56 Å². The third kappa shape index (κ3) is 2.72. The maximum atomic E-state index is 8.78. The number of aliphatic hydroxyl groups excluding tert-OH is 1. The van der Waals surface area contributed by atoms with Crippen molar-refractivity contribution in [1.29, 1.82) is 0 Å². The molecule has 1 rings (SSSR count). The Balaban J connectivity index is 2.51. The Morgan fingerprint density at radius 1 is 1.55 bits per heavy atom. The number of aliphatic hydroxyl groups is 1.